The highest BCUT2D eigenvalue weighted by atomic mass is 35.5. The Morgan fingerprint density at radius 1 is 1.21 bits per heavy atom. The van der Waals surface area contributed by atoms with Gasteiger partial charge in [-0.05, 0) is 12.1 Å². The van der Waals surface area contributed by atoms with Crippen molar-refractivity contribution in [1.82, 2.24) is 4.98 Å². The number of aromatic nitrogens is 1. The van der Waals surface area contributed by atoms with Crippen LogP contribution in [-0.2, 0) is 0 Å². The van der Waals surface area contributed by atoms with Crippen LogP contribution in [0.15, 0.2) is 34.4 Å². The van der Waals surface area contributed by atoms with Gasteiger partial charge in [-0.1, -0.05) is 6.07 Å². The van der Waals surface area contributed by atoms with Crippen LogP contribution in [0.1, 0.15) is 0 Å². The summed E-state index contributed by atoms with van der Waals surface area (Å²) in [4.78, 5) is 11.3. The van der Waals surface area contributed by atoms with Crippen LogP contribution >= 0.6 is 12.4 Å². The van der Waals surface area contributed by atoms with E-state index in [1.165, 1.54) is 0 Å². The molecule has 6 N–H and O–H groups in total. The Bertz CT molecular complexity index is 329. The molecule has 0 aliphatic carbocycles. The molecule has 14 heavy (non-hydrogen) atoms. The zero-order valence-electron chi connectivity index (χ0n) is 7.29. The molecule has 1 aromatic rings. The molecule has 0 aliphatic heterocycles. The van der Waals surface area contributed by atoms with Crippen LogP contribution in [0.5, 0.6) is 0 Å². The summed E-state index contributed by atoms with van der Waals surface area (Å²) in [5.74, 6) is 0.320. The van der Waals surface area contributed by atoms with Gasteiger partial charge in [-0.2, -0.15) is 9.98 Å². The molecule has 0 unspecified atom stereocenters. The Kier molecular flexibility index (Phi) is 5.01. The molecule has 0 aliphatic rings. The van der Waals surface area contributed by atoms with Crippen molar-refractivity contribution in [2.75, 3.05) is 0 Å². The van der Waals surface area contributed by atoms with Gasteiger partial charge in [-0.3, -0.25) is 0 Å². The van der Waals surface area contributed by atoms with Crippen LogP contribution in [0.25, 0.3) is 0 Å². The third-order valence-electron chi connectivity index (χ3n) is 1.12. The lowest BCUT2D eigenvalue weighted by Gasteiger charge is -1.93. The normalized spacial score (nSPS) is 10.1. The molecule has 1 heterocycles. The van der Waals surface area contributed by atoms with Gasteiger partial charge in [0.25, 0.3) is 0 Å². The Labute approximate surface area is 87.3 Å². The first-order chi connectivity index (χ1) is 6.18. The molecular formula is C7H11ClN6. The summed E-state index contributed by atoms with van der Waals surface area (Å²) in [5.41, 5.74) is 15.6. The number of halogens is 1. The Morgan fingerprint density at radius 3 is 2.43 bits per heavy atom. The number of guanidine groups is 2. The summed E-state index contributed by atoms with van der Waals surface area (Å²) < 4.78 is 0. The lowest BCUT2D eigenvalue weighted by Crippen LogP contribution is -2.26. The fourth-order valence-corrected chi connectivity index (χ4v) is 0.695. The first-order valence-electron chi connectivity index (χ1n) is 3.53. The zero-order valence-corrected chi connectivity index (χ0v) is 8.11. The predicted octanol–water partition coefficient (Wildman–Crippen LogP) is -0.277. The van der Waals surface area contributed by atoms with Crippen LogP contribution < -0.4 is 17.2 Å². The maximum atomic E-state index is 5.37. The monoisotopic (exact) mass is 214 g/mol. The molecule has 0 spiro atoms. The second-order valence-electron chi connectivity index (χ2n) is 2.19. The van der Waals surface area contributed by atoms with E-state index in [9.17, 15) is 0 Å². The van der Waals surface area contributed by atoms with Gasteiger partial charge in [-0.15, -0.1) is 12.4 Å². The lowest BCUT2D eigenvalue weighted by molar-refractivity contribution is 1.25. The van der Waals surface area contributed by atoms with E-state index in [1.807, 2.05) is 0 Å². The van der Waals surface area contributed by atoms with E-state index in [1.54, 1.807) is 24.4 Å². The Hall–Kier alpha value is -1.82. The highest BCUT2D eigenvalue weighted by Gasteiger charge is 1.91. The van der Waals surface area contributed by atoms with E-state index in [4.69, 9.17) is 17.2 Å². The molecule has 0 saturated carbocycles. The molecule has 1 rings (SSSR count). The summed E-state index contributed by atoms with van der Waals surface area (Å²) >= 11 is 0. The first kappa shape index (κ1) is 12.2. The zero-order chi connectivity index (χ0) is 9.68. The number of hydrogen-bond acceptors (Lipinski definition) is 2. The average Bonchev–Trinajstić information content (AvgIpc) is 2.04. The van der Waals surface area contributed by atoms with Crippen molar-refractivity contribution >= 4 is 30.1 Å². The largest absolute Gasteiger partial charge is 0.370 e. The average molecular weight is 215 g/mol. The first-order valence-corrected chi connectivity index (χ1v) is 3.53. The minimum Gasteiger partial charge on any atom is -0.370 e. The molecule has 6 nitrogen and oxygen atoms in total. The highest BCUT2D eigenvalue weighted by Crippen LogP contribution is 2.03. The van der Waals surface area contributed by atoms with Gasteiger partial charge in [0, 0.05) is 6.20 Å². The molecule has 76 valence electrons. The molecule has 7 heteroatoms. The molecular weight excluding hydrogens is 204 g/mol. The van der Waals surface area contributed by atoms with Crippen molar-refractivity contribution in [3.63, 3.8) is 0 Å². The van der Waals surface area contributed by atoms with Crippen LogP contribution in [0.3, 0.4) is 0 Å². The molecule has 0 atom stereocenters. The molecule has 0 aromatic carbocycles. The van der Waals surface area contributed by atoms with E-state index < -0.39 is 0 Å². The predicted molar refractivity (Wildman–Crippen MR) is 58.6 cm³/mol. The SMILES string of the molecule is Cl.NC(N)=N/C(N)=N/c1ccccn1. The number of nitrogens with zero attached hydrogens (tertiary/aromatic N) is 3. The maximum Gasteiger partial charge on any atom is 0.225 e. The number of hydrogen-bond donors (Lipinski definition) is 3. The van der Waals surface area contributed by atoms with Gasteiger partial charge >= 0.3 is 0 Å². The van der Waals surface area contributed by atoms with Crippen molar-refractivity contribution in [2.45, 2.75) is 0 Å². The van der Waals surface area contributed by atoms with Crippen molar-refractivity contribution in [1.29, 1.82) is 0 Å². The fourth-order valence-electron chi connectivity index (χ4n) is 0.695. The molecule has 0 saturated heterocycles. The van der Waals surface area contributed by atoms with Gasteiger partial charge in [0.05, 0.1) is 0 Å². The molecule has 0 bridgehead atoms. The Morgan fingerprint density at radius 2 is 1.93 bits per heavy atom. The molecule has 0 radical (unpaired) electrons. The smallest absolute Gasteiger partial charge is 0.225 e. The molecule has 0 amide bonds. The van der Waals surface area contributed by atoms with Crippen LogP contribution in [-0.4, -0.2) is 16.9 Å². The number of rotatable bonds is 1. The van der Waals surface area contributed by atoms with Crippen molar-refractivity contribution in [3.8, 4) is 0 Å². The van der Waals surface area contributed by atoms with Crippen LogP contribution in [0.4, 0.5) is 5.82 Å². The fraction of sp³-hybridized carbons (Fsp3) is 0. The highest BCUT2D eigenvalue weighted by molar-refractivity contribution is 5.93. The van der Waals surface area contributed by atoms with Gasteiger partial charge in [0.15, 0.2) is 11.8 Å². The number of nitrogens with two attached hydrogens (primary N) is 3. The second-order valence-corrected chi connectivity index (χ2v) is 2.19. The minimum atomic E-state index is -0.128. The van der Waals surface area contributed by atoms with Crippen LogP contribution in [0, 0.1) is 0 Å². The van der Waals surface area contributed by atoms with E-state index in [-0.39, 0.29) is 24.3 Å². The quantitative estimate of drug-likeness (QED) is 0.441. The van der Waals surface area contributed by atoms with Gasteiger partial charge < -0.3 is 17.2 Å². The van der Waals surface area contributed by atoms with Crippen molar-refractivity contribution < 1.29 is 0 Å². The van der Waals surface area contributed by atoms with Gasteiger partial charge in [0.2, 0.25) is 5.96 Å². The number of pyridine rings is 1. The van der Waals surface area contributed by atoms with Crippen molar-refractivity contribution in [3.05, 3.63) is 24.4 Å². The van der Waals surface area contributed by atoms with Gasteiger partial charge in [-0.25, -0.2) is 4.98 Å². The van der Waals surface area contributed by atoms with E-state index in [0.29, 0.717) is 5.82 Å². The standard InChI is InChI=1S/C7H10N6.ClH/c8-6(9)13-7(10)12-5-3-1-2-4-11-5;/h1-4H,(H6,8,9,10,11,12,13);1H. The third kappa shape index (κ3) is 4.27. The van der Waals surface area contributed by atoms with Crippen LogP contribution in [0.2, 0.25) is 0 Å². The molecule has 1 aromatic heterocycles. The van der Waals surface area contributed by atoms with Crippen molar-refractivity contribution in [2.24, 2.45) is 27.2 Å². The minimum absolute atomic E-state index is 0. The summed E-state index contributed by atoms with van der Waals surface area (Å²) in [6, 6.07) is 5.25. The summed E-state index contributed by atoms with van der Waals surface area (Å²) in [6.07, 6.45) is 1.60. The lowest BCUT2D eigenvalue weighted by atomic mass is 10.5. The third-order valence-corrected chi connectivity index (χ3v) is 1.12. The Balaban J connectivity index is 0.00000169. The number of aliphatic imine (C=N–C) groups is 2. The molecule has 0 fully saturated rings. The van der Waals surface area contributed by atoms with E-state index >= 15 is 0 Å². The summed E-state index contributed by atoms with van der Waals surface area (Å²) in [6.45, 7) is 0. The topological polar surface area (TPSA) is 116 Å². The maximum absolute atomic E-state index is 5.37. The second kappa shape index (κ2) is 5.76. The van der Waals surface area contributed by atoms with E-state index in [2.05, 4.69) is 15.0 Å². The summed E-state index contributed by atoms with van der Waals surface area (Å²) in [5, 5.41) is 0. The summed E-state index contributed by atoms with van der Waals surface area (Å²) in [7, 11) is 0. The van der Waals surface area contributed by atoms with Gasteiger partial charge in [0.1, 0.15) is 0 Å². The van der Waals surface area contributed by atoms with E-state index in [0.717, 1.165) is 0 Å².